The molecule has 0 amide bonds. The molecule has 0 spiro atoms. The number of methoxy groups -OCH3 is 1. The second kappa shape index (κ2) is 8.72. The zero-order valence-electron chi connectivity index (χ0n) is 16.6. The highest BCUT2D eigenvalue weighted by molar-refractivity contribution is 6.35. The van der Waals surface area contributed by atoms with Gasteiger partial charge in [0.25, 0.3) is 0 Å². The van der Waals surface area contributed by atoms with Crippen LogP contribution in [0.3, 0.4) is 0 Å². The van der Waals surface area contributed by atoms with Crippen LogP contribution in [0, 0.1) is 5.92 Å². The maximum atomic E-state index is 10.6. The minimum atomic E-state index is -0.0201. The van der Waals surface area contributed by atoms with Crippen molar-refractivity contribution in [1.82, 2.24) is 29.6 Å². The van der Waals surface area contributed by atoms with Crippen molar-refractivity contribution in [3.05, 3.63) is 35.9 Å². The van der Waals surface area contributed by atoms with Crippen molar-refractivity contribution in [2.24, 2.45) is 13.0 Å². The third kappa shape index (κ3) is 4.24. The number of nitrogens with zero attached hydrogens (tertiary/aromatic N) is 5. The largest absolute Gasteiger partial charge is 0.477 e. The first-order chi connectivity index (χ1) is 14.6. The molecule has 1 aliphatic rings. The molecule has 4 rings (SSSR count). The summed E-state index contributed by atoms with van der Waals surface area (Å²) in [6.45, 7) is 1.77. The molecule has 0 unspecified atom stereocenters. The van der Waals surface area contributed by atoms with Gasteiger partial charge in [0.2, 0.25) is 11.8 Å². The molecule has 3 aromatic rings. The molecule has 0 bridgehead atoms. The van der Waals surface area contributed by atoms with Crippen LogP contribution in [0.2, 0.25) is 5.02 Å². The van der Waals surface area contributed by atoms with Crippen LogP contribution < -0.4 is 10.1 Å². The fourth-order valence-electron chi connectivity index (χ4n) is 3.50. The number of nitrogens with one attached hydrogen (secondary N) is 2. The number of aldehydes is 1. The summed E-state index contributed by atoms with van der Waals surface area (Å²) < 4.78 is 13.4. The van der Waals surface area contributed by atoms with Gasteiger partial charge in [-0.05, 0) is 6.08 Å². The first kappa shape index (κ1) is 20.2. The lowest BCUT2D eigenvalue weighted by atomic mass is 10.1. The van der Waals surface area contributed by atoms with E-state index in [1.165, 1.54) is 6.08 Å². The zero-order chi connectivity index (χ0) is 21.1. The number of allylic oxidation sites excluding steroid dienone is 1. The van der Waals surface area contributed by atoms with Gasteiger partial charge < -0.3 is 24.7 Å². The van der Waals surface area contributed by atoms with Gasteiger partial charge in [0.1, 0.15) is 11.9 Å². The third-order valence-electron chi connectivity index (χ3n) is 4.93. The minimum Gasteiger partial charge on any atom is -0.477 e. The molecule has 30 heavy (non-hydrogen) atoms. The van der Waals surface area contributed by atoms with E-state index < -0.39 is 0 Å². The smallest absolute Gasteiger partial charge is 0.232 e. The number of anilines is 2. The first-order valence-electron chi connectivity index (χ1n) is 9.39. The number of carbonyl (C=O) groups excluding carboxylic acids is 1. The van der Waals surface area contributed by atoms with E-state index in [9.17, 15) is 4.79 Å². The number of ether oxygens (including phenoxy) is 2. The molecule has 2 atom stereocenters. The van der Waals surface area contributed by atoms with Crippen molar-refractivity contribution < 1.29 is 14.3 Å². The molecule has 3 aromatic heterocycles. The highest BCUT2D eigenvalue weighted by Crippen LogP contribution is 2.32. The van der Waals surface area contributed by atoms with Crippen LogP contribution in [-0.4, -0.2) is 68.8 Å². The van der Waals surface area contributed by atoms with E-state index in [0.717, 1.165) is 12.0 Å². The Morgan fingerprint density at radius 1 is 1.40 bits per heavy atom. The van der Waals surface area contributed by atoms with Gasteiger partial charge in [0.15, 0.2) is 0 Å². The number of H-pyrrole nitrogens is 1. The average molecular weight is 432 g/mol. The lowest BCUT2D eigenvalue weighted by molar-refractivity contribution is -0.104. The van der Waals surface area contributed by atoms with Gasteiger partial charge in [0, 0.05) is 51.8 Å². The summed E-state index contributed by atoms with van der Waals surface area (Å²) >= 11 is 6.33. The van der Waals surface area contributed by atoms with Gasteiger partial charge in [-0.1, -0.05) is 11.6 Å². The van der Waals surface area contributed by atoms with Crippen molar-refractivity contribution in [2.75, 3.05) is 32.1 Å². The fraction of sp³-hybridized carbons (Fsp3) is 0.368. The predicted molar refractivity (Wildman–Crippen MR) is 112 cm³/mol. The number of aromatic amines is 1. The summed E-state index contributed by atoms with van der Waals surface area (Å²) in [4.78, 5) is 24.6. The van der Waals surface area contributed by atoms with Gasteiger partial charge in [-0.15, -0.1) is 0 Å². The summed E-state index contributed by atoms with van der Waals surface area (Å²) in [6, 6.07) is 0. The molecule has 0 saturated carbocycles. The summed E-state index contributed by atoms with van der Waals surface area (Å²) in [5.41, 5.74) is 1.33. The van der Waals surface area contributed by atoms with Gasteiger partial charge >= 0.3 is 0 Å². The Balaban J connectivity index is 1.54. The topological polar surface area (TPSA) is 110 Å². The summed E-state index contributed by atoms with van der Waals surface area (Å²) in [6.07, 6.45) is 9.13. The van der Waals surface area contributed by atoms with Crippen LogP contribution in [0.1, 0.15) is 0 Å². The maximum absolute atomic E-state index is 10.6. The predicted octanol–water partition coefficient (Wildman–Crippen LogP) is 2.13. The van der Waals surface area contributed by atoms with Gasteiger partial charge in [0.05, 0.1) is 35.0 Å². The molecule has 0 radical (unpaired) electrons. The van der Waals surface area contributed by atoms with Gasteiger partial charge in [-0.3, -0.25) is 9.48 Å². The SMILES string of the molecule is CO[C@H]1CN(C=CC=O)C[C@@H]1COc1nc(Nc2cnn(C)c2)nc2[nH]cc(Cl)c12. The van der Waals surface area contributed by atoms with Crippen molar-refractivity contribution in [2.45, 2.75) is 6.10 Å². The van der Waals surface area contributed by atoms with E-state index in [0.29, 0.717) is 47.6 Å². The Morgan fingerprint density at radius 3 is 3.00 bits per heavy atom. The highest BCUT2D eigenvalue weighted by atomic mass is 35.5. The molecule has 0 aromatic carbocycles. The quantitative estimate of drug-likeness (QED) is 0.412. The molecule has 2 N–H and O–H groups in total. The standard InChI is InChI=1S/C19H22ClN7O3/c1-26-9-13(6-22-26)23-19-24-17-16(14(20)7-21-17)18(25-19)30-11-12-8-27(4-3-5-28)10-15(12)29-2/h3-7,9,12,15H,8,10-11H2,1-2H3,(H2,21,23,24,25)/t12-,15+/m1/s1. The van der Waals surface area contributed by atoms with Crippen LogP contribution in [0.5, 0.6) is 5.88 Å². The van der Waals surface area contributed by atoms with E-state index >= 15 is 0 Å². The number of aromatic nitrogens is 5. The molecule has 158 valence electrons. The van der Waals surface area contributed by atoms with Crippen molar-refractivity contribution in [3.63, 3.8) is 0 Å². The number of hydrogen-bond acceptors (Lipinski definition) is 8. The molecule has 11 heteroatoms. The molecular weight excluding hydrogens is 410 g/mol. The Morgan fingerprint density at radius 2 is 2.27 bits per heavy atom. The number of fused-ring (bicyclic) bond motifs is 1. The van der Waals surface area contributed by atoms with Gasteiger partial charge in [-0.25, -0.2) is 0 Å². The molecule has 1 fully saturated rings. The van der Waals surface area contributed by atoms with E-state index in [1.807, 2.05) is 18.1 Å². The number of hydrogen-bond donors (Lipinski definition) is 2. The van der Waals surface area contributed by atoms with E-state index in [-0.39, 0.29) is 12.0 Å². The molecule has 1 saturated heterocycles. The number of rotatable bonds is 8. The first-order valence-corrected chi connectivity index (χ1v) is 9.77. The Labute approximate surface area is 177 Å². The van der Waals surface area contributed by atoms with Crippen LogP contribution in [-0.2, 0) is 16.6 Å². The lowest BCUT2D eigenvalue weighted by Gasteiger charge is -2.17. The Hall–Kier alpha value is -3.11. The number of carbonyl (C=O) groups is 1. The molecule has 0 aliphatic carbocycles. The summed E-state index contributed by atoms with van der Waals surface area (Å²) in [5.74, 6) is 0.854. The van der Waals surface area contributed by atoms with Crippen LogP contribution in [0.15, 0.2) is 30.9 Å². The zero-order valence-corrected chi connectivity index (χ0v) is 17.3. The Kier molecular flexibility index (Phi) is 5.86. The Bertz CT molecular complexity index is 1060. The molecule has 10 nitrogen and oxygen atoms in total. The van der Waals surface area contributed by atoms with Crippen molar-refractivity contribution in [1.29, 1.82) is 0 Å². The van der Waals surface area contributed by atoms with Crippen LogP contribution in [0.4, 0.5) is 11.6 Å². The van der Waals surface area contributed by atoms with E-state index in [1.54, 1.807) is 30.4 Å². The summed E-state index contributed by atoms with van der Waals surface area (Å²) in [5, 5.41) is 8.36. The molecular formula is C19H22ClN7O3. The summed E-state index contributed by atoms with van der Waals surface area (Å²) in [7, 11) is 3.50. The molecule has 4 heterocycles. The average Bonchev–Trinajstić information content (AvgIpc) is 3.43. The van der Waals surface area contributed by atoms with Crippen LogP contribution in [0.25, 0.3) is 11.0 Å². The third-order valence-corrected chi connectivity index (χ3v) is 5.23. The van der Waals surface area contributed by atoms with Crippen molar-refractivity contribution in [3.8, 4) is 5.88 Å². The second-order valence-electron chi connectivity index (χ2n) is 7.02. The van der Waals surface area contributed by atoms with E-state index in [4.69, 9.17) is 21.1 Å². The maximum Gasteiger partial charge on any atom is 0.232 e. The van der Waals surface area contributed by atoms with Crippen molar-refractivity contribution >= 4 is 40.6 Å². The minimum absolute atomic E-state index is 0.0201. The monoisotopic (exact) mass is 431 g/mol. The number of aryl methyl sites for hydroxylation is 1. The highest BCUT2D eigenvalue weighted by Gasteiger charge is 2.32. The fourth-order valence-corrected chi connectivity index (χ4v) is 3.73. The molecule has 1 aliphatic heterocycles. The normalized spacial score (nSPS) is 19.1. The number of halogens is 1. The second-order valence-corrected chi connectivity index (χ2v) is 7.42. The number of likely N-dealkylation sites (tertiary alicyclic amines) is 1. The van der Waals surface area contributed by atoms with E-state index in [2.05, 4.69) is 25.4 Å². The van der Waals surface area contributed by atoms with Gasteiger partial charge in [-0.2, -0.15) is 15.1 Å². The van der Waals surface area contributed by atoms with Crippen LogP contribution >= 0.6 is 11.6 Å². The lowest BCUT2D eigenvalue weighted by Crippen LogP contribution is -2.26.